The molecular weight excluding hydrogens is 258 g/mol. The quantitative estimate of drug-likeness (QED) is 0.527. The van der Waals surface area contributed by atoms with Gasteiger partial charge >= 0.3 is 0 Å². The normalized spacial score (nSPS) is 11.0. The Morgan fingerprint density at radius 1 is 1.16 bits per heavy atom. The molecule has 1 rings (SSSR count). The van der Waals surface area contributed by atoms with Crippen LogP contribution in [0.4, 0.5) is 5.82 Å². The molecule has 0 spiro atoms. The average molecular weight is 284 g/mol. The third-order valence-electron chi connectivity index (χ3n) is 3.25. The molecule has 0 radical (unpaired) electrons. The number of aromatic nitrogens is 2. The number of nitrogens with one attached hydrogen (secondary N) is 1. The third kappa shape index (κ3) is 6.24. The zero-order valence-electron chi connectivity index (χ0n) is 12.4. The molecule has 1 N–H and O–H groups in total. The van der Waals surface area contributed by atoms with Gasteiger partial charge in [0.15, 0.2) is 0 Å². The molecule has 1 heterocycles. The summed E-state index contributed by atoms with van der Waals surface area (Å²) < 4.78 is 0. The van der Waals surface area contributed by atoms with Gasteiger partial charge in [-0.3, -0.25) is 0 Å². The second-order valence-corrected chi connectivity index (χ2v) is 5.73. The Labute approximate surface area is 122 Å². The van der Waals surface area contributed by atoms with Gasteiger partial charge in [-0.1, -0.05) is 58.1 Å². The summed E-state index contributed by atoms with van der Waals surface area (Å²) in [5.41, 5.74) is 1.02. The van der Waals surface area contributed by atoms with Gasteiger partial charge in [-0.05, 0) is 18.8 Å². The first-order valence-corrected chi connectivity index (χ1v) is 7.76. The van der Waals surface area contributed by atoms with Gasteiger partial charge < -0.3 is 5.32 Å². The maximum atomic E-state index is 6.05. The van der Waals surface area contributed by atoms with E-state index in [0.29, 0.717) is 5.15 Å². The van der Waals surface area contributed by atoms with Crippen molar-refractivity contribution in [2.45, 2.75) is 59.3 Å². The summed E-state index contributed by atoms with van der Waals surface area (Å²) in [5.74, 6) is 1.72. The summed E-state index contributed by atoms with van der Waals surface area (Å²) in [7, 11) is 0. The number of rotatable bonds is 9. The van der Waals surface area contributed by atoms with Crippen molar-refractivity contribution >= 4 is 17.4 Å². The average Bonchev–Trinajstić information content (AvgIpc) is 2.37. The highest BCUT2D eigenvalue weighted by Crippen LogP contribution is 2.20. The summed E-state index contributed by atoms with van der Waals surface area (Å²) in [6.45, 7) is 7.60. The molecule has 0 saturated heterocycles. The Bertz CT molecular complexity index is 366. The largest absolute Gasteiger partial charge is 0.370 e. The van der Waals surface area contributed by atoms with E-state index in [1.165, 1.54) is 38.4 Å². The van der Waals surface area contributed by atoms with Crippen LogP contribution in [0.2, 0.25) is 5.15 Å². The predicted molar refractivity (Wildman–Crippen MR) is 82.8 cm³/mol. The first kappa shape index (κ1) is 16.2. The summed E-state index contributed by atoms with van der Waals surface area (Å²) in [6.07, 6.45) is 8.85. The van der Waals surface area contributed by atoms with Gasteiger partial charge in [-0.15, -0.1) is 0 Å². The van der Waals surface area contributed by atoms with Crippen LogP contribution in [0.25, 0.3) is 0 Å². The lowest BCUT2D eigenvalue weighted by Crippen LogP contribution is -2.07. The molecule has 0 atom stereocenters. The second-order valence-electron chi connectivity index (χ2n) is 5.37. The Hall–Kier alpha value is -0.830. The zero-order valence-corrected chi connectivity index (χ0v) is 13.1. The van der Waals surface area contributed by atoms with Gasteiger partial charge in [-0.2, -0.15) is 0 Å². The molecule has 1 aromatic heterocycles. The van der Waals surface area contributed by atoms with Crippen molar-refractivity contribution in [2.24, 2.45) is 5.92 Å². The van der Waals surface area contributed by atoms with Crippen LogP contribution in [0.5, 0.6) is 0 Å². The number of hydrogen-bond donors (Lipinski definition) is 1. The molecule has 4 heteroatoms. The van der Waals surface area contributed by atoms with Crippen molar-refractivity contribution in [2.75, 3.05) is 11.9 Å². The third-order valence-corrected chi connectivity index (χ3v) is 3.57. The first-order chi connectivity index (χ1) is 9.15. The van der Waals surface area contributed by atoms with Crippen LogP contribution in [-0.2, 0) is 6.42 Å². The van der Waals surface area contributed by atoms with E-state index in [1.807, 2.05) is 0 Å². The minimum absolute atomic E-state index is 0.567. The number of anilines is 1. The summed E-state index contributed by atoms with van der Waals surface area (Å²) in [6, 6.07) is 0. The highest BCUT2D eigenvalue weighted by atomic mass is 35.5. The highest BCUT2D eigenvalue weighted by Gasteiger charge is 2.06. The van der Waals surface area contributed by atoms with Crippen LogP contribution in [0.3, 0.4) is 0 Å². The lowest BCUT2D eigenvalue weighted by molar-refractivity contribution is 0.523. The predicted octanol–water partition coefficient (Wildman–Crippen LogP) is 4.71. The Morgan fingerprint density at radius 2 is 1.89 bits per heavy atom. The van der Waals surface area contributed by atoms with Crippen molar-refractivity contribution in [3.63, 3.8) is 0 Å². The zero-order chi connectivity index (χ0) is 14.1. The number of halogens is 1. The van der Waals surface area contributed by atoms with E-state index in [4.69, 9.17) is 11.6 Å². The summed E-state index contributed by atoms with van der Waals surface area (Å²) >= 11 is 6.05. The lowest BCUT2D eigenvalue weighted by atomic mass is 10.0. The highest BCUT2D eigenvalue weighted by molar-refractivity contribution is 6.30. The van der Waals surface area contributed by atoms with Gasteiger partial charge in [0.2, 0.25) is 0 Å². The number of nitrogens with zero attached hydrogens (tertiary/aromatic N) is 2. The van der Waals surface area contributed by atoms with Crippen LogP contribution in [0.15, 0.2) is 6.33 Å². The van der Waals surface area contributed by atoms with Crippen molar-refractivity contribution in [1.82, 2.24) is 9.97 Å². The van der Waals surface area contributed by atoms with E-state index in [2.05, 4.69) is 36.1 Å². The van der Waals surface area contributed by atoms with Crippen molar-refractivity contribution < 1.29 is 0 Å². The lowest BCUT2D eigenvalue weighted by Gasteiger charge is -2.10. The first-order valence-electron chi connectivity index (χ1n) is 7.38. The molecule has 0 aliphatic heterocycles. The maximum Gasteiger partial charge on any atom is 0.137 e. The minimum Gasteiger partial charge on any atom is -0.370 e. The molecule has 1 aromatic rings. The molecule has 0 aliphatic rings. The monoisotopic (exact) mass is 283 g/mol. The topological polar surface area (TPSA) is 37.8 Å². The van der Waals surface area contributed by atoms with Crippen molar-refractivity contribution in [3.05, 3.63) is 17.0 Å². The SMILES string of the molecule is CCc1c(Cl)ncnc1NCCCCCCC(C)C. The van der Waals surface area contributed by atoms with Gasteiger partial charge in [0, 0.05) is 12.1 Å². The maximum absolute atomic E-state index is 6.05. The summed E-state index contributed by atoms with van der Waals surface area (Å²) in [4.78, 5) is 8.27. The van der Waals surface area contributed by atoms with E-state index in [9.17, 15) is 0 Å². The van der Waals surface area contributed by atoms with Crippen LogP contribution in [0.1, 0.15) is 58.4 Å². The Kier molecular flexibility index (Phi) is 7.80. The molecule has 0 aromatic carbocycles. The van der Waals surface area contributed by atoms with E-state index >= 15 is 0 Å². The molecule has 0 bridgehead atoms. The van der Waals surface area contributed by atoms with E-state index < -0.39 is 0 Å². The molecule has 108 valence electrons. The van der Waals surface area contributed by atoms with E-state index in [0.717, 1.165) is 30.3 Å². The molecule has 3 nitrogen and oxygen atoms in total. The number of unbranched alkanes of at least 4 members (excludes halogenated alkanes) is 3. The van der Waals surface area contributed by atoms with Crippen molar-refractivity contribution in [3.8, 4) is 0 Å². The molecule has 0 amide bonds. The molecule has 0 fully saturated rings. The Morgan fingerprint density at radius 3 is 2.58 bits per heavy atom. The fraction of sp³-hybridized carbons (Fsp3) is 0.733. The Balaban J connectivity index is 2.21. The molecule has 19 heavy (non-hydrogen) atoms. The smallest absolute Gasteiger partial charge is 0.137 e. The second kappa shape index (κ2) is 9.13. The van der Waals surface area contributed by atoms with E-state index in [-0.39, 0.29) is 0 Å². The van der Waals surface area contributed by atoms with Gasteiger partial charge in [0.05, 0.1) is 0 Å². The summed E-state index contributed by atoms with van der Waals surface area (Å²) in [5, 5.41) is 3.94. The fourth-order valence-corrected chi connectivity index (χ4v) is 2.36. The molecule has 0 saturated carbocycles. The molecule has 0 aliphatic carbocycles. The van der Waals surface area contributed by atoms with Crippen LogP contribution in [0, 0.1) is 5.92 Å². The van der Waals surface area contributed by atoms with Crippen LogP contribution < -0.4 is 5.32 Å². The van der Waals surface area contributed by atoms with Gasteiger partial charge in [0.1, 0.15) is 17.3 Å². The standard InChI is InChI=1S/C15H26ClN3/c1-4-13-14(16)18-11-19-15(13)17-10-8-6-5-7-9-12(2)3/h11-12H,4-10H2,1-3H3,(H,17,18,19). The van der Waals surface area contributed by atoms with Gasteiger partial charge in [-0.25, -0.2) is 9.97 Å². The van der Waals surface area contributed by atoms with Crippen LogP contribution in [-0.4, -0.2) is 16.5 Å². The molecular formula is C15H26ClN3. The van der Waals surface area contributed by atoms with Gasteiger partial charge in [0.25, 0.3) is 0 Å². The molecule has 0 unspecified atom stereocenters. The fourth-order valence-electron chi connectivity index (χ4n) is 2.09. The van der Waals surface area contributed by atoms with Crippen LogP contribution >= 0.6 is 11.6 Å². The van der Waals surface area contributed by atoms with E-state index in [1.54, 1.807) is 0 Å². The minimum atomic E-state index is 0.567. The number of hydrogen-bond acceptors (Lipinski definition) is 3. The van der Waals surface area contributed by atoms with Crippen molar-refractivity contribution in [1.29, 1.82) is 0 Å².